The van der Waals surface area contributed by atoms with Gasteiger partial charge in [0, 0.05) is 6.42 Å². The number of hydrogen-bond donors (Lipinski definition) is 2. The second-order valence-corrected chi connectivity index (χ2v) is 8.04. The van der Waals surface area contributed by atoms with E-state index in [4.69, 9.17) is 4.74 Å². The number of hydrogen-bond acceptors (Lipinski definition) is 4. The van der Waals surface area contributed by atoms with Crippen LogP contribution in [0.25, 0.3) is 0 Å². The predicted molar refractivity (Wildman–Crippen MR) is 113 cm³/mol. The van der Waals surface area contributed by atoms with Crippen molar-refractivity contribution in [2.24, 2.45) is 0 Å². The molecule has 0 atom stereocenters. The fourth-order valence-electron chi connectivity index (χ4n) is 3.03. The lowest BCUT2D eigenvalue weighted by molar-refractivity contribution is 0.0412. The maximum atomic E-state index is 12.1. The molecule has 2 aromatic carbocycles. The molecule has 0 aliphatic heterocycles. The molecule has 0 fully saturated rings. The van der Waals surface area contributed by atoms with Crippen molar-refractivity contribution in [1.82, 2.24) is 14.8 Å². The largest absolute Gasteiger partial charge is 0.485 e. The molecule has 0 aliphatic carbocycles. The van der Waals surface area contributed by atoms with Gasteiger partial charge in [-0.3, -0.25) is 4.98 Å². The monoisotopic (exact) mass is 395 g/mol. The first kappa shape index (κ1) is 20.9. The number of rotatable bonds is 9. The lowest BCUT2D eigenvalue weighted by Gasteiger charge is -2.23. The minimum Gasteiger partial charge on any atom is -0.485 e. The molecule has 154 valence electrons. The van der Waals surface area contributed by atoms with E-state index in [1.165, 1.54) is 15.8 Å². The van der Waals surface area contributed by atoms with Gasteiger partial charge in [-0.1, -0.05) is 42.0 Å². The number of nitrogens with one attached hydrogen (secondary N) is 1. The zero-order chi connectivity index (χ0) is 20.9. The fraction of sp³-hybridized carbons (Fsp3) is 0.391. The summed E-state index contributed by atoms with van der Waals surface area (Å²) in [4.78, 5) is 15.0. The van der Waals surface area contributed by atoms with Crippen LogP contribution in [0.1, 0.15) is 42.8 Å². The molecule has 0 spiro atoms. The summed E-state index contributed by atoms with van der Waals surface area (Å²) in [6.45, 7) is 6.17. The zero-order valence-electron chi connectivity index (χ0n) is 17.3. The Morgan fingerprint density at radius 3 is 2.34 bits per heavy atom. The topological polar surface area (TPSA) is 80.1 Å². The summed E-state index contributed by atoms with van der Waals surface area (Å²) in [6, 6.07) is 16.0. The van der Waals surface area contributed by atoms with Crippen LogP contribution in [0.2, 0.25) is 0 Å². The molecule has 0 aliphatic rings. The van der Waals surface area contributed by atoms with Gasteiger partial charge >= 0.3 is 5.69 Å². The van der Waals surface area contributed by atoms with Crippen LogP contribution in [-0.2, 0) is 19.4 Å². The van der Waals surface area contributed by atoms with E-state index >= 15 is 0 Å². The SMILES string of the molecule is Cc1ccc(Cn2nc(CCCc3ccc(OC(C)(C)CO)cc3)[nH]c2=O)cc1. The number of nitrogens with zero attached hydrogens (tertiary/aromatic N) is 2. The van der Waals surface area contributed by atoms with Gasteiger partial charge in [-0.05, 0) is 56.9 Å². The Bertz CT molecular complexity index is 970. The number of aromatic nitrogens is 3. The quantitative estimate of drug-likeness (QED) is 0.583. The Morgan fingerprint density at radius 2 is 1.69 bits per heavy atom. The molecule has 0 saturated heterocycles. The summed E-state index contributed by atoms with van der Waals surface area (Å²) < 4.78 is 7.23. The summed E-state index contributed by atoms with van der Waals surface area (Å²) >= 11 is 0. The van der Waals surface area contributed by atoms with Crippen molar-refractivity contribution in [3.63, 3.8) is 0 Å². The van der Waals surface area contributed by atoms with E-state index in [1.54, 1.807) is 0 Å². The lowest BCUT2D eigenvalue weighted by atomic mass is 10.1. The van der Waals surface area contributed by atoms with Crippen LogP contribution in [0.4, 0.5) is 0 Å². The van der Waals surface area contributed by atoms with Crippen LogP contribution in [0, 0.1) is 6.92 Å². The van der Waals surface area contributed by atoms with Crippen molar-refractivity contribution in [2.45, 2.75) is 52.2 Å². The summed E-state index contributed by atoms with van der Waals surface area (Å²) in [6.07, 6.45) is 2.49. The molecule has 1 aromatic heterocycles. The molecule has 0 bridgehead atoms. The van der Waals surface area contributed by atoms with Gasteiger partial charge in [0.15, 0.2) is 0 Å². The van der Waals surface area contributed by atoms with Gasteiger partial charge in [-0.25, -0.2) is 9.48 Å². The summed E-state index contributed by atoms with van der Waals surface area (Å²) in [5.74, 6) is 1.46. The molecule has 0 unspecified atom stereocenters. The molecule has 3 rings (SSSR count). The van der Waals surface area contributed by atoms with Crippen LogP contribution < -0.4 is 10.4 Å². The fourth-order valence-corrected chi connectivity index (χ4v) is 3.03. The molecule has 6 heteroatoms. The smallest absolute Gasteiger partial charge is 0.343 e. The third-order valence-corrected chi connectivity index (χ3v) is 4.76. The molecule has 3 aromatic rings. The van der Waals surface area contributed by atoms with Crippen LogP contribution in [0.3, 0.4) is 0 Å². The molecule has 29 heavy (non-hydrogen) atoms. The van der Waals surface area contributed by atoms with Gasteiger partial charge in [-0.2, -0.15) is 5.10 Å². The number of ether oxygens (including phenoxy) is 1. The number of aryl methyl sites for hydroxylation is 3. The standard InChI is InChI=1S/C23H29N3O3/c1-17-7-9-19(10-8-17)15-26-22(28)24-21(25-26)6-4-5-18-11-13-20(14-12-18)29-23(2,3)16-27/h7-14,27H,4-6,15-16H2,1-3H3,(H,24,25,28). The number of aliphatic hydroxyl groups is 1. The Balaban J connectivity index is 1.52. The molecular weight excluding hydrogens is 366 g/mol. The average Bonchev–Trinajstić information content (AvgIpc) is 3.04. The highest BCUT2D eigenvalue weighted by Crippen LogP contribution is 2.19. The van der Waals surface area contributed by atoms with E-state index in [1.807, 2.05) is 69.3 Å². The normalized spacial score (nSPS) is 11.6. The number of benzene rings is 2. The Hall–Kier alpha value is -2.86. The summed E-state index contributed by atoms with van der Waals surface area (Å²) in [5.41, 5.74) is 2.68. The molecule has 6 nitrogen and oxygen atoms in total. The third-order valence-electron chi connectivity index (χ3n) is 4.76. The van der Waals surface area contributed by atoms with Crippen molar-refractivity contribution >= 4 is 0 Å². The van der Waals surface area contributed by atoms with Crippen LogP contribution in [-0.4, -0.2) is 32.1 Å². The zero-order valence-corrected chi connectivity index (χ0v) is 17.3. The maximum absolute atomic E-state index is 12.1. The van der Waals surface area contributed by atoms with Crippen molar-refractivity contribution in [2.75, 3.05) is 6.61 Å². The van der Waals surface area contributed by atoms with Gasteiger partial charge in [0.2, 0.25) is 0 Å². The first-order valence-corrected chi connectivity index (χ1v) is 9.95. The maximum Gasteiger partial charge on any atom is 0.343 e. The van der Waals surface area contributed by atoms with Gasteiger partial charge in [0.05, 0.1) is 13.2 Å². The third kappa shape index (κ3) is 6.06. The van der Waals surface area contributed by atoms with E-state index in [0.29, 0.717) is 18.8 Å². The lowest BCUT2D eigenvalue weighted by Crippen LogP contribution is -2.32. The first-order chi connectivity index (χ1) is 13.8. The van der Waals surface area contributed by atoms with E-state index < -0.39 is 5.60 Å². The number of aromatic amines is 1. The summed E-state index contributed by atoms with van der Waals surface area (Å²) in [7, 11) is 0. The second-order valence-electron chi connectivity index (χ2n) is 8.04. The average molecular weight is 396 g/mol. The van der Waals surface area contributed by atoms with Crippen LogP contribution in [0.15, 0.2) is 53.3 Å². The van der Waals surface area contributed by atoms with Gasteiger partial charge in [0.25, 0.3) is 0 Å². The number of aliphatic hydroxyl groups excluding tert-OH is 1. The molecule has 0 radical (unpaired) electrons. The molecule has 0 amide bonds. The number of H-pyrrole nitrogens is 1. The van der Waals surface area contributed by atoms with Gasteiger partial charge in [0.1, 0.15) is 17.2 Å². The first-order valence-electron chi connectivity index (χ1n) is 9.95. The Morgan fingerprint density at radius 1 is 1.03 bits per heavy atom. The van der Waals surface area contributed by atoms with Gasteiger partial charge < -0.3 is 9.84 Å². The van der Waals surface area contributed by atoms with E-state index in [9.17, 15) is 9.90 Å². The highest BCUT2D eigenvalue weighted by atomic mass is 16.5. The molecule has 0 saturated carbocycles. The van der Waals surface area contributed by atoms with Crippen molar-refractivity contribution in [1.29, 1.82) is 0 Å². The van der Waals surface area contributed by atoms with E-state index in [0.717, 1.165) is 24.2 Å². The highest BCUT2D eigenvalue weighted by molar-refractivity contribution is 5.28. The molecular formula is C23H29N3O3. The van der Waals surface area contributed by atoms with E-state index in [2.05, 4.69) is 10.1 Å². The Labute approximate surface area is 171 Å². The molecule has 2 N–H and O–H groups in total. The predicted octanol–water partition coefficient (Wildman–Crippen LogP) is 3.25. The van der Waals surface area contributed by atoms with E-state index in [-0.39, 0.29) is 12.3 Å². The van der Waals surface area contributed by atoms with Crippen molar-refractivity contribution in [3.05, 3.63) is 81.5 Å². The van der Waals surface area contributed by atoms with Gasteiger partial charge in [-0.15, -0.1) is 0 Å². The Kier molecular flexibility index (Phi) is 6.54. The van der Waals surface area contributed by atoms with Crippen LogP contribution >= 0.6 is 0 Å². The van der Waals surface area contributed by atoms with Crippen LogP contribution in [0.5, 0.6) is 5.75 Å². The van der Waals surface area contributed by atoms with Crippen molar-refractivity contribution in [3.8, 4) is 5.75 Å². The highest BCUT2D eigenvalue weighted by Gasteiger charge is 2.17. The minimum atomic E-state index is -0.592. The molecule has 1 heterocycles. The van der Waals surface area contributed by atoms with Crippen molar-refractivity contribution < 1.29 is 9.84 Å². The minimum absolute atomic E-state index is 0.0382. The second kappa shape index (κ2) is 9.09. The summed E-state index contributed by atoms with van der Waals surface area (Å²) in [5, 5.41) is 13.7.